The molecule has 2 nitrogen and oxygen atoms in total. The Kier molecular flexibility index (Phi) is 1.85. The van der Waals surface area contributed by atoms with Gasteiger partial charge >= 0.3 is 0 Å². The maximum atomic E-state index is 5.92. The van der Waals surface area contributed by atoms with Gasteiger partial charge in [-0.3, -0.25) is 0 Å². The molecule has 0 saturated carbocycles. The molecular weight excluding hydrogens is 239 g/mol. The average molecular weight is 246 g/mol. The van der Waals surface area contributed by atoms with Gasteiger partial charge in [0.1, 0.15) is 0 Å². The second-order valence-electron chi connectivity index (χ2n) is 2.59. The molecule has 0 aliphatic rings. The lowest BCUT2D eigenvalue weighted by Gasteiger charge is -1.99. The molecule has 2 heterocycles. The fraction of sp³-hybridized carbons (Fsp3) is 0.125. The summed E-state index contributed by atoms with van der Waals surface area (Å²) in [7, 11) is 1.95. The van der Waals surface area contributed by atoms with Gasteiger partial charge in [-0.05, 0) is 22.0 Å². The third-order valence-electron chi connectivity index (χ3n) is 1.82. The maximum Gasteiger partial charge on any atom is 0.153 e. The van der Waals surface area contributed by atoms with Crippen molar-refractivity contribution in [2.45, 2.75) is 0 Å². The Morgan fingerprint density at radius 2 is 2.33 bits per heavy atom. The lowest BCUT2D eigenvalue weighted by molar-refractivity contribution is 0.965. The van der Waals surface area contributed by atoms with Crippen LogP contribution in [-0.4, -0.2) is 9.55 Å². The molecule has 2 aromatic heterocycles. The number of aromatic nitrogens is 2. The molecule has 0 bridgehead atoms. The van der Waals surface area contributed by atoms with E-state index in [0.717, 1.165) is 15.4 Å². The summed E-state index contributed by atoms with van der Waals surface area (Å²) in [6, 6.07) is 2.01. The van der Waals surface area contributed by atoms with Gasteiger partial charge in [-0.25, -0.2) is 4.98 Å². The lowest BCUT2D eigenvalue weighted by atomic mass is 10.3. The first-order valence-corrected chi connectivity index (χ1v) is 4.62. The summed E-state index contributed by atoms with van der Waals surface area (Å²) < 4.78 is 2.93. The average Bonchev–Trinajstić information content (AvgIpc) is 2.42. The van der Waals surface area contributed by atoms with Crippen LogP contribution >= 0.6 is 27.5 Å². The SMILES string of the molecule is Cn1ccc2c(Br)cnc(Cl)c21. The first kappa shape index (κ1) is 8.08. The second-order valence-corrected chi connectivity index (χ2v) is 3.80. The Hall–Kier alpha value is -0.540. The van der Waals surface area contributed by atoms with Gasteiger partial charge in [0.15, 0.2) is 5.15 Å². The molecule has 0 saturated heterocycles. The fourth-order valence-electron chi connectivity index (χ4n) is 1.22. The fourth-order valence-corrected chi connectivity index (χ4v) is 1.93. The molecular formula is C8H6BrClN2. The number of hydrogen-bond donors (Lipinski definition) is 0. The van der Waals surface area contributed by atoms with Crippen molar-refractivity contribution in [2.24, 2.45) is 7.05 Å². The van der Waals surface area contributed by atoms with Crippen molar-refractivity contribution in [1.82, 2.24) is 9.55 Å². The quantitative estimate of drug-likeness (QED) is 0.653. The molecule has 0 radical (unpaired) electrons. The van der Waals surface area contributed by atoms with Crippen LogP contribution in [0.1, 0.15) is 0 Å². The molecule has 0 spiro atoms. The van der Waals surface area contributed by atoms with Crippen LogP contribution in [-0.2, 0) is 7.05 Å². The highest BCUT2D eigenvalue weighted by atomic mass is 79.9. The number of hydrogen-bond acceptors (Lipinski definition) is 1. The van der Waals surface area contributed by atoms with Gasteiger partial charge in [-0.1, -0.05) is 11.6 Å². The molecule has 0 atom stereocenters. The molecule has 12 heavy (non-hydrogen) atoms. The number of fused-ring (bicyclic) bond motifs is 1. The molecule has 0 unspecified atom stereocenters. The number of pyridine rings is 1. The predicted octanol–water partition coefficient (Wildman–Crippen LogP) is 2.99. The molecule has 0 amide bonds. The van der Waals surface area contributed by atoms with Crippen molar-refractivity contribution < 1.29 is 0 Å². The number of rotatable bonds is 0. The molecule has 0 aliphatic heterocycles. The predicted molar refractivity (Wildman–Crippen MR) is 53.4 cm³/mol. The van der Waals surface area contributed by atoms with E-state index in [4.69, 9.17) is 11.6 Å². The van der Waals surface area contributed by atoms with E-state index >= 15 is 0 Å². The zero-order chi connectivity index (χ0) is 8.72. The summed E-state index contributed by atoms with van der Waals surface area (Å²) in [5.41, 5.74) is 0.964. The molecule has 2 rings (SSSR count). The Morgan fingerprint density at radius 1 is 1.58 bits per heavy atom. The van der Waals surface area contributed by atoms with Gasteiger partial charge in [0, 0.05) is 29.3 Å². The number of halogens is 2. The third-order valence-corrected chi connectivity index (χ3v) is 2.73. The van der Waals surface area contributed by atoms with E-state index in [0.29, 0.717) is 5.15 Å². The minimum absolute atomic E-state index is 0.542. The molecule has 0 fully saturated rings. The molecule has 0 aliphatic carbocycles. The largest absolute Gasteiger partial charge is 0.348 e. The van der Waals surface area contributed by atoms with E-state index in [2.05, 4.69) is 20.9 Å². The smallest absolute Gasteiger partial charge is 0.153 e. The molecule has 2 aromatic rings. The van der Waals surface area contributed by atoms with Gasteiger partial charge < -0.3 is 4.57 Å². The first-order valence-electron chi connectivity index (χ1n) is 3.45. The summed E-state index contributed by atoms with van der Waals surface area (Å²) >= 11 is 9.33. The summed E-state index contributed by atoms with van der Waals surface area (Å²) in [6.45, 7) is 0. The summed E-state index contributed by atoms with van der Waals surface area (Å²) in [4.78, 5) is 4.04. The third kappa shape index (κ3) is 1.04. The molecule has 4 heteroatoms. The normalized spacial score (nSPS) is 10.9. The second kappa shape index (κ2) is 2.75. The van der Waals surface area contributed by atoms with Crippen molar-refractivity contribution >= 4 is 38.4 Å². The van der Waals surface area contributed by atoms with Crippen LogP contribution in [0.5, 0.6) is 0 Å². The first-order chi connectivity index (χ1) is 5.70. The van der Waals surface area contributed by atoms with E-state index in [9.17, 15) is 0 Å². The monoisotopic (exact) mass is 244 g/mol. The topological polar surface area (TPSA) is 17.8 Å². The lowest BCUT2D eigenvalue weighted by Crippen LogP contribution is -1.87. The van der Waals surface area contributed by atoms with Gasteiger partial charge in [0.25, 0.3) is 0 Å². The zero-order valence-electron chi connectivity index (χ0n) is 6.38. The maximum absolute atomic E-state index is 5.92. The highest BCUT2D eigenvalue weighted by molar-refractivity contribution is 9.10. The van der Waals surface area contributed by atoms with Gasteiger partial charge in [-0.15, -0.1) is 0 Å². The van der Waals surface area contributed by atoms with Crippen LogP contribution in [0.3, 0.4) is 0 Å². The van der Waals surface area contributed by atoms with Gasteiger partial charge in [-0.2, -0.15) is 0 Å². The van der Waals surface area contributed by atoms with Crippen LogP contribution in [0.25, 0.3) is 10.9 Å². The minimum Gasteiger partial charge on any atom is -0.348 e. The minimum atomic E-state index is 0.542. The Morgan fingerprint density at radius 3 is 3.00 bits per heavy atom. The van der Waals surface area contributed by atoms with Gasteiger partial charge in [0.05, 0.1) is 5.52 Å². The van der Waals surface area contributed by atoms with E-state index in [1.54, 1.807) is 6.20 Å². The van der Waals surface area contributed by atoms with Crippen molar-refractivity contribution in [3.8, 4) is 0 Å². The van der Waals surface area contributed by atoms with Crippen molar-refractivity contribution in [2.75, 3.05) is 0 Å². The van der Waals surface area contributed by atoms with E-state index in [1.807, 2.05) is 23.9 Å². The van der Waals surface area contributed by atoms with Crippen molar-refractivity contribution in [3.63, 3.8) is 0 Å². The van der Waals surface area contributed by atoms with Crippen LogP contribution in [0.4, 0.5) is 0 Å². The van der Waals surface area contributed by atoms with Crippen LogP contribution in [0, 0.1) is 0 Å². The summed E-state index contributed by atoms with van der Waals surface area (Å²) in [5, 5.41) is 1.64. The van der Waals surface area contributed by atoms with Gasteiger partial charge in [0.2, 0.25) is 0 Å². The highest BCUT2D eigenvalue weighted by Crippen LogP contribution is 2.27. The van der Waals surface area contributed by atoms with Crippen molar-refractivity contribution in [1.29, 1.82) is 0 Å². The van der Waals surface area contributed by atoms with Crippen molar-refractivity contribution in [3.05, 3.63) is 28.1 Å². The van der Waals surface area contributed by atoms with Crippen LogP contribution in [0.15, 0.2) is 22.9 Å². The van der Waals surface area contributed by atoms with E-state index in [1.165, 1.54) is 0 Å². The van der Waals surface area contributed by atoms with E-state index < -0.39 is 0 Å². The van der Waals surface area contributed by atoms with E-state index in [-0.39, 0.29) is 0 Å². The molecule has 62 valence electrons. The Balaban J connectivity index is 2.98. The number of aryl methyl sites for hydroxylation is 1. The standard InChI is InChI=1S/C8H6BrClN2/c1-12-3-2-5-6(9)4-11-8(10)7(5)12/h2-4H,1H3. The number of nitrogens with zero attached hydrogens (tertiary/aromatic N) is 2. The molecule has 0 aromatic carbocycles. The zero-order valence-corrected chi connectivity index (χ0v) is 8.72. The highest BCUT2D eigenvalue weighted by Gasteiger charge is 2.06. The Bertz CT molecular complexity index is 436. The summed E-state index contributed by atoms with van der Waals surface area (Å²) in [6.07, 6.45) is 3.67. The van der Waals surface area contributed by atoms with Crippen LogP contribution < -0.4 is 0 Å². The van der Waals surface area contributed by atoms with Crippen LogP contribution in [0.2, 0.25) is 5.15 Å². The Labute approximate surface area is 83.3 Å². The molecule has 0 N–H and O–H groups in total. The summed E-state index contributed by atoms with van der Waals surface area (Å²) in [5.74, 6) is 0.